The maximum absolute atomic E-state index is 10.8. The highest BCUT2D eigenvalue weighted by molar-refractivity contribution is 6.31. The Morgan fingerprint density at radius 2 is 2.07 bits per heavy atom. The number of rotatable bonds is 3. The van der Waals surface area contributed by atoms with Gasteiger partial charge in [-0.2, -0.15) is 0 Å². The minimum absolute atomic E-state index is 0.291. The lowest BCUT2D eigenvalue weighted by Gasteiger charge is -2.16. The van der Waals surface area contributed by atoms with E-state index in [-0.39, 0.29) is 5.41 Å². The third kappa shape index (κ3) is 2.85. The van der Waals surface area contributed by atoms with Crippen LogP contribution in [0.15, 0.2) is 18.2 Å². The highest BCUT2D eigenvalue weighted by Gasteiger charge is 2.17. The molecule has 1 nitrogen and oxygen atoms in total. The van der Waals surface area contributed by atoms with Crippen molar-refractivity contribution in [1.29, 1.82) is 0 Å². The molecule has 0 aliphatic carbocycles. The Morgan fingerprint density at radius 3 is 2.57 bits per heavy atom. The predicted molar refractivity (Wildman–Crippen MR) is 59.7 cm³/mol. The topological polar surface area (TPSA) is 17.1 Å². The first-order chi connectivity index (χ1) is 6.44. The number of aldehydes is 1. The molecule has 0 saturated carbocycles. The van der Waals surface area contributed by atoms with E-state index < -0.39 is 0 Å². The second-order valence-corrected chi connectivity index (χ2v) is 4.77. The van der Waals surface area contributed by atoms with Crippen LogP contribution in [0.4, 0.5) is 0 Å². The Labute approximate surface area is 90.1 Å². The number of halogens is 1. The van der Waals surface area contributed by atoms with Gasteiger partial charge in [0.05, 0.1) is 0 Å². The van der Waals surface area contributed by atoms with Gasteiger partial charge in [0.1, 0.15) is 6.29 Å². The van der Waals surface area contributed by atoms with Crippen molar-refractivity contribution in [2.75, 3.05) is 0 Å². The van der Waals surface area contributed by atoms with E-state index in [4.69, 9.17) is 11.6 Å². The van der Waals surface area contributed by atoms with E-state index in [1.807, 2.05) is 39.0 Å². The lowest BCUT2D eigenvalue weighted by Crippen LogP contribution is -2.16. The number of hydrogen-bond acceptors (Lipinski definition) is 1. The van der Waals surface area contributed by atoms with Crippen LogP contribution in [0.25, 0.3) is 0 Å². The molecule has 0 bridgehead atoms. The second kappa shape index (κ2) is 4.14. The van der Waals surface area contributed by atoms with Gasteiger partial charge in [0, 0.05) is 10.4 Å². The van der Waals surface area contributed by atoms with Crippen molar-refractivity contribution in [3.63, 3.8) is 0 Å². The fourth-order valence-electron chi connectivity index (χ4n) is 1.38. The highest BCUT2D eigenvalue weighted by atomic mass is 35.5. The zero-order valence-electron chi connectivity index (χ0n) is 8.80. The number of carbonyl (C=O) groups is 1. The zero-order valence-corrected chi connectivity index (χ0v) is 9.56. The van der Waals surface area contributed by atoms with Crippen molar-refractivity contribution < 1.29 is 4.79 Å². The molecule has 0 heterocycles. The van der Waals surface area contributed by atoms with E-state index in [0.29, 0.717) is 0 Å². The van der Waals surface area contributed by atoms with E-state index >= 15 is 0 Å². The highest BCUT2D eigenvalue weighted by Crippen LogP contribution is 2.22. The molecule has 14 heavy (non-hydrogen) atoms. The quantitative estimate of drug-likeness (QED) is 0.699. The Bertz CT molecular complexity index is 342. The lowest BCUT2D eigenvalue weighted by molar-refractivity contribution is -0.114. The average molecular weight is 211 g/mol. The van der Waals surface area contributed by atoms with Crippen molar-refractivity contribution in [1.82, 2.24) is 0 Å². The van der Waals surface area contributed by atoms with Crippen LogP contribution in [-0.2, 0) is 11.2 Å². The fraction of sp³-hybridized carbons (Fsp3) is 0.417. The maximum atomic E-state index is 10.8. The molecule has 0 saturated heterocycles. The predicted octanol–water partition coefficient (Wildman–Crippen LogP) is 3.42. The summed E-state index contributed by atoms with van der Waals surface area (Å²) < 4.78 is 0. The molecule has 2 heteroatoms. The molecule has 0 aliphatic rings. The molecule has 76 valence electrons. The van der Waals surface area contributed by atoms with Crippen LogP contribution in [0.1, 0.15) is 25.0 Å². The SMILES string of the molecule is Cc1cc(CC(C)(C)C=O)ccc1Cl. The van der Waals surface area contributed by atoms with Gasteiger partial charge in [-0.3, -0.25) is 0 Å². The molecule has 0 fully saturated rings. The lowest BCUT2D eigenvalue weighted by atomic mass is 9.87. The summed E-state index contributed by atoms with van der Waals surface area (Å²) in [6.07, 6.45) is 1.76. The summed E-state index contributed by atoms with van der Waals surface area (Å²) in [6, 6.07) is 5.89. The number of aryl methyl sites for hydroxylation is 1. The molecule has 1 aromatic carbocycles. The minimum atomic E-state index is -0.291. The van der Waals surface area contributed by atoms with Crippen LogP contribution in [-0.4, -0.2) is 6.29 Å². The van der Waals surface area contributed by atoms with Crippen LogP contribution in [0, 0.1) is 12.3 Å². The molecule has 0 unspecified atom stereocenters. The summed E-state index contributed by atoms with van der Waals surface area (Å²) >= 11 is 5.92. The number of benzene rings is 1. The number of carbonyl (C=O) groups excluding carboxylic acids is 1. The van der Waals surface area contributed by atoms with Crippen LogP contribution in [0.2, 0.25) is 5.02 Å². The molecule has 0 aromatic heterocycles. The summed E-state index contributed by atoms with van der Waals surface area (Å²) in [6.45, 7) is 5.84. The Morgan fingerprint density at radius 1 is 1.43 bits per heavy atom. The van der Waals surface area contributed by atoms with Gasteiger partial charge in [-0.1, -0.05) is 37.6 Å². The van der Waals surface area contributed by atoms with Gasteiger partial charge in [0.15, 0.2) is 0 Å². The van der Waals surface area contributed by atoms with Crippen LogP contribution >= 0.6 is 11.6 Å². The summed E-state index contributed by atoms with van der Waals surface area (Å²) in [4.78, 5) is 10.8. The van der Waals surface area contributed by atoms with Crippen molar-refractivity contribution in [3.05, 3.63) is 34.3 Å². The van der Waals surface area contributed by atoms with Gasteiger partial charge >= 0.3 is 0 Å². The van der Waals surface area contributed by atoms with Crippen molar-refractivity contribution >= 4 is 17.9 Å². The monoisotopic (exact) mass is 210 g/mol. The van der Waals surface area contributed by atoms with Gasteiger partial charge in [-0.25, -0.2) is 0 Å². The average Bonchev–Trinajstić information content (AvgIpc) is 2.11. The van der Waals surface area contributed by atoms with E-state index in [9.17, 15) is 4.79 Å². The summed E-state index contributed by atoms with van der Waals surface area (Å²) in [5.41, 5.74) is 1.93. The summed E-state index contributed by atoms with van der Waals surface area (Å²) in [7, 11) is 0. The van der Waals surface area contributed by atoms with Gasteiger partial charge in [-0.15, -0.1) is 0 Å². The van der Waals surface area contributed by atoms with Crippen molar-refractivity contribution in [2.45, 2.75) is 27.2 Å². The summed E-state index contributed by atoms with van der Waals surface area (Å²) in [5.74, 6) is 0. The van der Waals surface area contributed by atoms with E-state index in [1.54, 1.807) is 0 Å². The van der Waals surface area contributed by atoms with Gasteiger partial charge < -0.3 is 4.79 Å². The molecular formula is C12H15ClO. The molecule has 0 radical (unpaired) electrons. The third-order valence-corrected chi connectivity index (χ3v) is 2.63. The standard InChI is InChI=1S/C12H15ClO/c1-9-6-10(4-5-11(9)13)7-12(2,3)8-14/h4-6,8H,7H2,1-3H3. The Kier molecular flexibility index (Phi) is 3.33. The molecule has 1 rings (SSSR count). The maximum Gasteiger partial charge on any atom is 0.125 e. The first-order valence-corrected chi connectivity index (χ1v) is 5.04. The van der Waals surface area contributed by atoms with Gasteiger partial charge in [0.2, 0.25) is 0 Å². The molecule has 1 aromatic rings. The molecule has 0 amide bonds. The smallest absolute Gasteiger partial charge is 0.125 e. The Balaban J connectivity index is 2.88. The normalized spacial score (nSPS) is 11.4. The van der Waals surface area contributed by atoms with Crippen molar-refractivity contribution in [2.24, 2.45) is 5.41 Å². The van der Waals surface area contributed by atoms with Crippen molar-refractivity contribution in [3.8, 4) is 0 Å². The van der Waals surface area contributed by atoms with Crippen LogP contribution < -0.4 is 0 Å². The van der Waals surface area contributed by atoms with E-state index in [1.165, 1.54) is 0 Å². The third-order valence-electron chi connectivity index (χ3n) is 2.20. The van der Waals surface area contributed by atoms with Gasteiger partial charge in [-0.05, 0) is 30.5 Å². The first-order valence-electron chi connectivity index (χ1n) is 4.66. The molecule has 0 atom stereocenters. The van der Waals surface area contributed by atoms with E-state index in [2.05, 4.69) is 0 Å². The molecule has 0 spiro atoms. The van der Waals surface area contributed by atoms with Crippen LogP contribution in [0.5, 0.6) is 0 Å². The largest absolute Gasteiger partial charge is 0.303 e. The van der Waals surface area contributed by atoms with E-state index in [0.717, 1.165) is 28.9 Å². The van der Waals surface area contributed by atoms with Gasteiger partial charge in [0.25, 0.3) is 0 Å². The minimum Gasteiger partial charge on any atom is -0.303 e. The molecular weight excluding hydrogens is 196 g/mol. The summed E-state index contributed by atoms with van der Waals surface area (Å²) in [5, 5.41) is 0.776. The fourth-order valence-corrected chi connectivity index (χ4v) is 1.50. The number of hydrogen-bond donors (Lipinski definition) is 0. The Hall–Kier alpha value is -0.820. The zero-order chi connectivity index (χ0) is 10.8. The first kappa shape index (κ1) is 11.3. The second-order valence-electron chi connectivity index (χ2n) is 4.37. The molecule has 0 N–H and O–H groups in total. The van der Waals surface area contributed by atoms with Crippen LogP contribution in [0.3, 0.4) is 0 Å². The molecule has 0 aliphatic heterocycles.